The number of ether oxygens (including phenoxy) is 1. The fourth-order valence-electron chi connectivity index (χ4n) is 2.89. The highest BCUT2D eigenvalue weighted by molar-refractivity contribution is 6.03. The van der Waals surface area contributed by atoms with Gasteiger partial charge < -0.3 is 10.1 Å². The lowest BCUT2D eigenvalue weighted by atomic mass is 10.1. The molecule has 2 amide bonds. The van der Waals surface area contributed by atoms with Crippen molar-refractivity contribution in [2.24, 2.45) is 5.10 Å². The van der Waals surface area contributed by atoms with E-state index in [-0.39, 0.29) is 6.42 Å². The predicted molar refractivity (Wildman–Crippen MR) is 127 cm³/mol. The molecular formula is C26H27N3O3. The van der Waals surface area contributed by atoms with Crippen LogP contribution in [0, 0.1) is 20.8 Å². The summed E-state index contributed by atoms with van der Waals surface area (Å²) < 4.78 is 5.78. The smallest absolute Gasteiger partial charge is 0.249 e. The van der Waals surface area contributed by atoms with Gasteiger partial charge in [-0.2, -0.15) is 5.10 Å². The molecule has 0 unspecified atom stereocenters. The Morgan fingerprint density at radius 2 is 1.59 bits per heavy atom. The van der Waals surface area contributed by atoms with Crippen molar-refractivity contribution in [1.82, 2.24) is 5.43 Å². The van der Waals surface area contributed by atoms with E-state index in [1.54, 1.807) is 0 Å². The standard InChI is InChI=1S/C26H27N3O3/c1-18-4-7-22(8-5-18)17-32-24-12-9-21(10-13-24)16-27-29-26(31)15-25(30)28-23-11-6-19(2)20(3)14-23/h4-14,16H,15,17H2,1-3H3,(H,28,30)(H,29,31). The van der Waals surface area contributed by atoms with Crippen molar-refractivity contribution in [3.8, 4) is 5.75 Å². The molecule has 0 aliphatic carbocycles. The van der Waals surface area contributed by atoms with E-state index in [0.29, 0.717) is 12.3 Å². The van der Waals surface area contributed by atoms with E-state index in [1.165, 1.54) is 11.8 Å². The molecule has 0 fully saturated rings. The van der Waals surface area contributed by atoms with Gasteiger partial charge in [-0.15, -0.1) is 0 Å². The molecule has 0 aliphatic heterocycles. The van der Waals surface area contributed by atoms with Gasteiger partial charge in [-0.05, 0) is 79.4 Å². The molecule has 0 spiro atoms. The fourth-order valence-corrected chi connectivity index (χ4v) is 2.89. The zero-order chi connectivity index (χ0) is 22.9. The first kappa shape index (κ1) is 22.7. The van der Waals surface area contributed by atoms with Crippen LogP contribution in [0.15, 0.2) is 71.8 Å². The first-order valence-corrected chi connectivity index (χ1v) is 10.4. The molecule has 32 heavy (non-hydrogen) atoms. The molecule has 0 saturated carbocycles. The summed E-state index contributed by atoms with van der Waals surface area (Å²) in [5.41, 5.74) is 8.37. The molecule has 3 aromatic carbocycles. The average Bonchev–Trinajstić information content (AvgIpc) is 2.77. The Balaban J connectivity index is 1.42. The van der Waals surface area contributed by atoms with E-state index in [4.69, 9.17) is 4.74 Å². The Morgan fingerprint density at radius 3 is 2.28 bits per heavy atom. The normalized spacial score (nSPS) is 10.7. The fraction of sp³-hybridized carbons (Fsp3) is 0.192. The summed E-state index contributed by atoms with van der Waals surface area (Å²) in [6.45, 7) is 6.51. The van der Waals surface area contributed by atoms with E-state index >= 15 is 0 Å². The van der Waals surface area contributed by atoms with Crippen LogP contribution in [0.25, 0.3) is 0 Å². The number of hydrogen-bond acceptors (Lipinski definition) is 4. The van der Waals surface area contributed by atoms with E-state index in [9.17, 15) is 9.59 Å². The third-order valence-corrected chi connectivity index (χ3v) is 4.92. The molecular weight excluding hydrogens is 402 g/mol. The minimum Gasteiger partial charge on any atom is -0.489 e. The quantitative estimate of drug-likeness (QED) is 0.310. The summed E-state index contributed by atoms with van der Waals surface area (Å²) in [6.07, 6.45) is 1.21. The molecule has 0 aliphatic rings. The summed E-state index contributed by atoms with van der Waals surface area (Å²) >= 11 is 0. The van der Waals surface area contributed by atoms with E-state index < -0.39 is 11.8 Å². The van der Waals surface area contributed by atoms with Crippen molar-refractivity contribution in [2.45, 2.75) is 33.8 Å². The summed E-state index contributed by atoms with van der Waals surface area (Å²) in [7, 11) is 0. The number of amides is 2. The van der Waals surface area contributed by atoms with Crippen LogP contribution in [0.2, 0.25) is 0 Å². The van der Waals surface area contributed by atoms with Gasteiger partial charge in [0, 0.05) is 5.69 Å². The number of rotatable bonds is 8. The van der Waals surface area contributed by atoms with E-state index in [0.717, 1.165) is 28.0 Å². The van der Waals surface area contributed by atoms with Gasteiger partial charge in [-0.25, -0.2) is 5.43 Å². The summed E-state index contributed by atoms with van der Waals surface area (Å²) in [4.78, 5) is 24.0. The maximum absolute atomic E-state index is 12.0. The van der Waals surface area contributed by atoms with E-state index in [2.05, 4.69) is 28.0 Å². The average molecular weight is 430 g/mol. The zero-order valence-electron chi connectivity index (χ0n) is 18.5. The highest BCUT2D eigenvalue weighted by Gasteiger charge is 2.09. The molecule has 2 N–H and O–H groups in total. The second kappa shape index (κ2) is 10.9. The third kappa shape index (κ3) is 7.09. The number of aryl methyl sites for hydroxylation is 3. The number of nitrogens with zero attached hydrogens (tertiary/aromatic N) is 1. The summed E-state index contributed by atoms with van der Waals surface area (Å²) in [5.74, 6) is -0.133. The van der Waals surface area contributed by atoms with Crippen LogP contribution >= 0.6 is 0 Å². The van der Waals surface area contributed by atoms with Crippen LogP contribution in [-0.4, -0.2) is 18.0 Å². The minimum atomic E-state index is -0.486. The van der Waals surface area contributed by atoms with Crippen molar-refractivity contribution in [3.63, 3.8) is 0 Å². The number of hydrazone groups is 1. The Bertz CT molecular complexity index is 1100. The lowest BCUT2D eigenvalue weighted by Gasteiger charge is -2.07. The number of hydrogen-bond donors (Lipinski definition) is 2. The first-order valence-electron chi connectivity index (χ1n) is 10.4. The number of carbonyl (C=O) groups is 2. The van der Waals surface area contributed by atoms with E-state index in [1.807, 2.05) is 75.4 Å². The molecule has 164 valence electrons. The first-order chi connectivity index (χ1) is 15.4. The molecule has 0 heterocycles. The molecule has 0 bridgehead atoms. The van der Waals surface area contributed by atoms with Crippen molar-refractivity contribution in [1.29, 1.82) is 0 Å². The van der Waals surface area contributed by atoms with Crippen LogP contribution in [0.4, 0.5) is 5.69 Å². The number of benzene rings is 3. The Hall–Kier alpha value is -3.93. The molecule has 3 aromatic rings. The maximum Gasteiger partial charge on any atom is 0.249 e. The van der Waals surface area contributed by atoms with Gasteiger partial charge in [-0.3, -0.25) is 9.59 Å². The molecule has 0 radical (unpaired) electrons. The molecule has 6 heteroatoms. The lowest BCUT2D eigenvalue weighted by molar-refractivity contribution is -0.126. The van der Waals surface area contributed by atoms with Crippen LogP contribution < -0.4 is 15.5 Å². The third-order valence-electron chi connectivity index (χ3n) is 4.92. The van der Waals surface area contributed by atoms with Crippen molar-refractivity contribution < 1.29 is 14.3 Å². The number of carbonyl (C=O) groups excluding carboxylic acids is 2. The highest BCUT2D eigenvalue weighted by atomic mass is 16.5. The van der Waals surface area contributed by atoms with Crippen LogP contribution in [0.3, 0.4) is 0 Å². The SMILES string of the molecule is Cc1ccc(COc2ccc(C=NNC(=O)CC(=O)Nc3ccc(C)c(C)c3)cc2)cc1. The minimum absolute atomic E-state index is 0.309. The molecule has 0 aromatic heterocycles. The van der Waals surface area contributed by atoms with Gasteiger partial charge in [0.15, 0.2) is 0 Å². The van der Waals surface area contributed by atoms with Crippen LogP contribution in [-0.2, 0) is 16.2 Å². The van der Waals surface area contributed by atoms with Crippen molar-refractivity contribution in [2.75, 3.05) is 5.32 Å². The van der Waals surface area contributed by atoms with Crippen LogP contribution in [0.1, 0.15) is 34.2 Å². The Labute approximate surface area is 188 Å². The second-order valence-electron chi connectivity index (χ2n) is 7.66. The van der Waals surface area contributed by atoms with Gasteiger partial charge in [0.2, 0.25) is 11.8 Å². The number of anilines is 1. The zero-order valence-corrected chi connectivity index (χ0v) is 18.5. The Kier molecular flexibility index (Phi) is 7.75. The largest absolute Gasteiger partial charge is 0.489 e. The van der Waals surface area contributed by atoms with Crippen molar-refractivity contribution in [3.05, 3.63) is 94.5 Å². The Morgan fingerprint density at radius 1 is 0.875 bits per heavy atom. The second-order valence-corrected chi connectivity index (χ2v) is 7.66. The van der Waals surface area contributed by atoms with Crippen molar-refractivity contribution >= 4 is 23.7 Å². The van der Waals surface area contributed by atoms with Gasteiger partial charge >= 0.3 is 0 Å². The monoisotopic (exact) mass is 429 g/mol. The van der Waals surface area contributed by atoms with Gasteiger partial charge in [0.25, 0.3) is 0 Å². The molecule has 6 nitrogen and oxygen atoms in total. The van der Waals surface area contributed by atoms with Gasteiger partial charge in [-0.1, -0.05) is 35.9 Å². The lowest BCUT2D eigenvalue weighted by Crippen LogP contribution is -2.24. The maximum atomic E-state index is 12.0. The van der Waals surface area contributed by atoms with Gasteiger partial charge in [0.1, 0.15) is 18.8 Å². The predicted octanol–water partition coefficient (Wildman–Crippen LogP) is 4.67. The number of nitrogens with one attached hydrogen (secondary N) is 2. The topological polar surface area (TPSA) is 79.8 Å². The molecule has 3 rings (SSSR count). The summed E-state index contributed by atoms with van der Waals surface area (Å²) in [6, 6.07) is 21.2. The molecule has 0 atom stereocenters. The van der Waals surface area contributed by atoms with Crippen LogP contribution in [0.5, 0.6) is 5.75 Å². The molecule has 0 saturated heterocycles. The summed E-state index contributed by atoms with van der Waals surface area (Å²) in [5, 5.41) is 6.63. The van der Waals surface area contributed by atoms with Gasteiger partial charge in [0.05, 0.1) is 6.21 Å². The highest BCUT2D eigenvalue weighted by Crippen LogP contribution is 2.15.